The van der Waals surface area contributed by atoms with Crippen molar-refractivity contribution in [1.29, 1.82) is 0 Å². The number of aromatic nitrogens is 1. The van der Waals surface area contributed by atoms with Crippen LogP contribution in [-0.4, -0.2) is 13.4 Å². The minimum atomic E-state index is -3.95. The summed E-state index contributed by atoms with van der Waals surface area (Å²) in [6.45, 7) is 0. The van der Waals surface area contributed by atoms with Crippen LogP contribution in [0.2, 0.25) is 5.02 Å². The molecule has 0 spiro atoms. The molecule has 1 aromatic carbocycles. The molecule has 0 saturated carbocycles. The van der Waals surface area contributed by atoms with E-state index in [1.54, 1.807) is 18.2 Å². The molecule has 0 bridgehead atoms. The van der Waals surface area contributed by atoms with Gasteiger partial charge < -0.3 is 4.42 Å². The first-order valence-corrected chi connectivity index (χ1v) is 6.17. The summed E-state index contributed by atoms with van der Waals surface area (Å²) in [5, 5.41) is -0.222. The lowest BCUT2D eigenvalue weighted by atomic mass is 10.3. The Bertz CT molecular complexity index is 590. The van der Waals surface area contributed by atoms with Gasteiger partial charge >= 0.3 is 14.3 Å². The predicted octanol–water partition coefficient (Wildman–Crippen LogP) is 2.41. The Morgan fingerprint density at radius 3 is 2.64 bits per heavy atom. The molecule has 0 saturated heterocycles. The maximum Gasteiger partial charge on any atom is 0.332 e. The maximum atomic E-state index is 10.9. The standard InChI is InChI=1S/C7H3Cl2NO3S/c8-4-2-1-3-5-6(4)10-7(13-5)14(9,11)12/h1-3H. The molecule has 2 aromatic rings. The highest BCUT2D eigenvalue weighted by Crippen LogP contribution is 2.26. The monoisotopic (exact) mass is 251 g/mol. The second kappa shape index (κ2) is 3.12. The second-order valence-electron chi connectivity index (χ2n) is 2.50. The molecule has 0 radical (unpaired) electrons. The van der Waals surface area contributed by atoms with Gasteiger partial charge in [-0.1, -0.05) is 17.7 Å². The first-order chi connectivity index (χ1) is 6.48. The van der Waals surface area contributed by atoms with Gasteiger partial charge in [0.05, 0.1) is 5.02 Å². The lowest BCUT2D eigenvalue weighted by molar-refractivity contribution is 0.464. The molecular formula is C7H3Cl2NO3S. The van der Waals surface area contributed by atoms with Gasteiger partial charge in [-0.05, 0) is 12.1 Å². The molecule has 7 heteroatoms. The molecule has 14 heavy (non-hydrogen) atoms. The minimum absolute atomic E-state index is 0.286. The van der Waals surface area contributed by atoms with Crippen LogP contribution in [0.1, 0.15) is 0 Å². The first kappa shape index (κ1) is 9.76. The summed E-state index contributed by atoms with van der Waals surface area (Å²) in [4.78, 5) is 3.66. The lowest BCUT2D eigenvalue weighted by Crippen LogP contribution is -1.88. The molecule has 0 N–H and O–H groups in total. The fourth-order valence-electron chi connectivity index (χ4n) is 0.999. The molecule has 0 unspecified atom stereocenters. The average Bonchev–Trinajstić information content (AvgIpc) is 2.48. The van der Waals surface area contributed by atoms with Crippen molar-refractivity contribution in [1.82, 2.24) is 4.98 Å². The van der Waals surface area contributed by atoms with Crippen molar-refractivity contribution >= 4 is 42.4 Å². The Morgan fingerprint density at radius 1 is 1.36 bits per heavy atom. The summed E-state index contributed by atoms with van der Waals surface area (Å²) in [7, 11) is 1.11. The van der Waals surface area contributed by atoms with Gasteiger partial charge in [-0.2, -0.15) is 4.98 Å². The second-order valence-corrected chi connectivity index (χ2v) is 5.36. The summed E-state index contributed by atoms with van der Waals surface area (Å²) >= 11 is 5.76. The van der Waals surface area contributed by atoms with Gasteiger partial charge in [-0.25, -0.2) is 8.42 Å². The van der Waals surface area contributed by atoms with Crippen LogP contribution in [0.3, 0.4) is 0 Å². The first-order valence-electron chi connectivity index (χ1n) is 3.48. The van der Waals surface area contributed by atoms with Crippen molar-refractivity contribution < 1.29 is 12.8 Å². The summed E-state index contributed by atoms with van der Waals surface area (Å²) in [6.07, 6.45) is 0. The van der Waals surface area contributed by atoms with E-state index in [-0.39, 0.29) is 11.1 Å². The molecule has 4 nitrogen and oxygen atoms in total. The summed E-state index contributed by atoms with van der Waals surface area (Å²) in [5.41, 5.74) is 0.574. The molecule has 0 aliphatic rings. The van der Waals surface area contributed by atoms with E-state index in [1.807, 2.05) is 0 Å². The van der Waals surface area contributed by atoms with Gasteiger partial charge in [0.1, 0.15) is 5.52 Å². The number of rotatable bonds is 1. The van der Waals surface area contributed by atoms with Crippen LogP contribution >= 0.6 is 22.3 Å². The normalized spacial score (nSPS) is 12.1. The number of para-hydroxylation sites is 1. The number of halogens is 2. The van der Waals surface area contributed by atoms with E-state index in [9.17, 15) is 8.42 Å². The topological polar surface area (TPSA) is 60.2 Å². The molecule has 1 aromatic heterocycles. The Hall–Kier alpha value is -0.780. The van der Waals surface area contributed by atoms with Crippen LogP contribution in [0.25, 0.3) is 11.1 Å². The molecular weight excluding hydrogens is 249 g/mol. The van der Waals surface area contributed by atoms with Crippen LogP contribution in [0.15, 0.2) is 27.8 Å². The number of benzene rings is 1. The fourth-order valence-corrected chi connectivity index (χ4v) is 1.79. The Labute approximate surface area is 88.9 Å². The highest BCUT2D eigenvalue weighted by Gasteiger charge is 2.19. The Kier molecular flexibility index (Phi) is 2.17. The van der Waals surface area contributed by atoms with Crippen molar-refractivity contribution in [2.75, 3.05) is 0 Å². The molecule has 0 atom stereocenters. The number of hydrogen-bond donors (Lipinski definition) is 0. The van der Waals surface area contributed by atoms with E-state index >= 15 is 0 Å². The van der Waals surface area contributed by atoms with Crippen molar-refractivity contribution in [2.45, 2.75) is 5.22 Å². The van der Waals surface area contributed by atoms with E-state index in [2.05, 4.69) is 4.98 Å². The van der Waals surface area contributed by atoms with Crippen molar-refractivity contribution in [3.63, 3.8) is 0 Å². The maximum absolute atomic E-state index is 10.9. The van der Waals surface area contributed by atoms with Crippen LogP contribution in [0.5, 0.6) is 0 Å². The molecule has 0 fully saturated rings. The number of nitrogens with zero attached hydrogens (tertiary/aromatic N) is 1. The molecule has 0 aliphatic heterocycles. The van der Waals surface area contributed by atoms with E-state index in [4.69, 9.17) is 26.7 Å². The van der Waals surface area contributed by atoms with Crippen LogP contribution < -0.4 is 0 Å². The zero-order chi connectivity index (χ0) is 10.3. The fraction of sp³-hybridized carbons (Fsp3) is 0. The summed E-state index contributed by atoms with van der Waals surface area (Å²) < 4.78 is 26.7. The van der Waals surface area contributed by atoms with E-state index in [0.29, 0.717) is 5.02 Å². The molecule has 0 amide bonds. The van der Waals surface area contributed by atoms with Gasteiger partial charge in [-0.15, -0.1) is 0 Å². The average molecular weight is 252 g/mol. The van der Waals surface area contributed by atoms with Crippen molar-refractivity contribution in [2.24, 2.45) is 0 Å². The molecule has 1 heterocycles. The van der Waals surface area contributed by atoms with Crippen LogP contribution in [0, 0.1) is 0 Å². The largest absolute Gasteiger partial charge is 0.427 e. The number of fused-ring (bicyclic) bond motifs is 1. The van der Waals surface area contributed by atoms with Crippen molar-refractivity contribution in [3.05, 3.63) is 23.2 Å². The van der Waals surface area contributed by atoms with Crippen molar-refractivity contribution in [3.8, 4) is 0 Å². The number of oxazole rings is 1. The van der Waals surface area contributed by atoms with Gasteiger partial charge in [0, 0.05) is 10.7 Å². The molecule has 74 valence electrons. The third-order valence-corrected chi connectivity index (χ3v) is 2.85. The van der Waals surface area contributed by atoms with Gasteiger partial charge in [-0.3, -0.25) is 0 Å². The quantitative estimate of drug-likeness (QED) is 0.731. The van der Waals surface area contributed by atoms with Gasteiger partial charge in [0.25, 0.3) is 0 Å². The van der Waals surface area contributed by atoms with Gasteiger partial charge in [0.2, 0.25) is 0 Å². The van der Waals surface area contributed by atoms with Crippen LogP contribution in [-0.2, 0) is 9.05 Å². The van der Waals surface area contributed by atoms with Crippen LogP contribution in [0.4, 0.5) is 0 Å². The summed E-state index contributed by atoms with van der Waals surface area (Å²) in [5.74, 6) is 0. The highest BCUT2D eigenvalue weighted by atomic mass is 35.7. The Morgan fingerprint density at radius 2 is 2.07 bits per heavy atom. The van der Waals surface area contributed by atoms with Gasteiger partial charge in [0.15, 0.2) is 5.58 Å². The Balaban J connectivity index is 2.81. The summed E-state index contributed by atoms with van der Waals surface area (Å²) in [6, 6.07) is 4.76. The predicted molar refractivity (Wildman–Crippen MR) is 52.1 cm³/mol. The lowest BCUT2D eigenvalue weighted by Gasteiger charge is -1.86. The van der Waals surface area contributed by atoms with E-state index in [1.165, 1.54) is 0 Å². The van der Waals surface area contributed by atoms with E-state index < -0.39 is 14.3 Å². The molecule has 2 rings (SSSR count). The zero-order valence-corrected chi connectivity index (χ0v) is 8.90. The van der Waals surface area contributed by atoms with E-state index in [0.717, 1.165) is 0 Å². The minimum Gasteiger partial charge on any atom is -0.427 e. The third kappa shape index (κ3) is 1.58. The SMILES string of the molecule is O=S(=O)(Cl)c1nc2c(Cl)cccc2o1. The highest BCUT2D eigenvalue weighted by molar-refractivity contribution is 8.13. The smallest absolute Gasteiger partial charge is 0.332 e. The molecule has 0 aliphatic carbocycles. The zero-order valence-electron chi connectivity index (χ0n) is 6.57. The number of hydrogen-bond acceptors (Lipinski definition) is 4. The third-order valence-electron chi connectivity index (χ3n) is 1.56.